The van der Waals surface area contributed by atoms with E-state index in [2.05, 4.69) is 15.9 Å². The van der Waals surface area contributed by atoms with Crippen LogP contribution in [0.15, 0.2) is 0 Å². The van der Waals surface area contributed by atoms with Gasteiger partial charge in [0.15, 0.2) is 9.84 Å². The van der Waals surface area contributed by atoms with Gasteiger partial charge in [0.25, 0.3) is 0 Å². The second-order valence-electron chi connectivity index (χ2n) is 4.94. The summed E-state index contributed by atoms with van der Waals surface area (Å²) in [7, 11) is -2.95. The lowest BCUT2D eigenvalue weighted by Gasteiger charge is -2.41. The maximum atomic E-state index is 12.0. The van der Waals surface area contributed by atoms with Crippen molar-refractivity contribution in [2.45, 2.75) is 36.6 Å². The van der Waals surface area contributed by atoms with Gasteiger partial charge in [0, 0.05) is 6.54 Å². The molecule has 0 spiro atoms. The van der Waals surface area contributed by atoms with Crippen molar-refractivity contribution >= 4 is 31.7 Å². The molecule has 0 N–H and O–H groups in total. The predicted octanol–water partition coefficient (Wildman–Crippen LogP) is 0.950. The molecule has 0 bridgehead atoms. The number of piperidine rings is 1. The number of rotatable bonds is 1. The summed E-state index contributed by atoms with van der Waals surface area (Å²) in [4.78, 5) is 13.6. The Morgan fingerprint density at radius 3 is 2.75 bits per heavy atom. The Kier molecular flexibility index (Phi) is 3.07. The molecule has 0 aliphatic carbocycles. The zero-order chi connectivity index (χ0) is 12.0. The monoisotopic (exact) mass is 309 g/mol. The second kappa shape index (κ2) is 3.98. The van der Waals surface area contributed by atoms with Crippen LogP contribution in [0.25, 0.3) is 0 Å². The van der Waals surface area contributed by atoms with Crippen molar-refractivity contribution in [1.29, 1.82) is 0 Å². The quantitative estimate of drug-likeness (QED) is 0.678. The molecule has 2 heterocycles. The topological polar surface area (TPSA) is 54.5 Å². The summed E-state index contributed by atoms with van der Waals surface area (Å²) in [6.07, 6.45) is 2.36. The molecule has 2 rings (SSSR count). The largest absolute Gasteiger partial charge is 0.335 e. The summed E-state index contributed by atoms with van der Waals surface area (Å²) < 4.78 is 23.1. The van der Waals surface area contributed by atoms with Gasteiger partial charge < -0.3 is 4.90 Å². The number of halogens is 1. The number of likely N-dealkylation sites (tertiary alicyclic amines) is 1. The van der Waals surface area contributed by atoms with E-state index in [9.17, 15) is 13.2 Å². The van der Waals surface area contributed by atoms with E-state index in [1.807, 2.05) is 6.92 Å². The average Bonchev–Trinajstić information content (AvgIpc) is 2.46. The summed E-state index contributed by atoms with van der Waals surface area (Å²) in [5.41, 5.74) is -0.484. The van der Waals surface area contributed by atoms with Crippen LogP contribution in [-0.4, -0.2) is 47.6 Å². The fourth-order valence-electron chi connectivity index (χ4n) is 2.57. The highest BCUT2D eigenvalue weighted by Crippen LogP contribution is 2.33. The highest BCUT2D eigenvalue weighted by molar-refractivity contribution is 9.10. The standard InChI is InChI=1S/C10H16BrNO3S/c1-10(4-6-16(14,15)7-10)12-5-2-3-8(11)9(12)13/h8H,2-7H2,1H3. The molecule has 2 saturated heterocycles. The minimum absolute atomic E-state index is 0.0471. The fourth-order valence-corrected chi connectivity index (χ4v) is 5.29. The van der Waals surface area contributed by atoms with Gasteiger partial charge in [-0.3, -0.25) is 4.79 Å². The molecule has 0 aromatic carbocycles. The van der Waals surface area contributed by atoms with Gasteiger partial charge in [-0.2, -0.15) is 0 Å². The number of alkyl halides is 1. The molecule has 92 valence electrons. The molecule has 6 heteroatoms. The molecule has 0 aromatic heterocycles. The maximum absolute atomic E-state index is 12.0. The molecule has 0 aromatic rings. The number of carbonyl (C=O) groups is 1. The molecule has 4 nitrogen and oxygen atoms in total. The average molecular weight is 310 g/mol. The number of nitrogens with zero attached hydrogens (tertiary/aromatic N) is 1. The molecule has 2 fully saturated rings. The molecule has 2 atom stereocenters. The first-order valence-corrected chi connectivity index (χ1v) is 8.24. The second-order valence-corrected chi connectivity index (χ2v) is 8.23. The molecule has 16 heavy (non-hydrogen) atoms. The van der Waals surface area contributed by atoms with Gasteiger partial charge in [-0.25, -0.2) is 8.42 Å². The number of hydrogen-bond acceptors (Lipinski definition) is 3. The van der Waals surface area contributed by atoms with Gasteiger partial charge in [0.1, 0.15) is 0 Å². The van der Waals surface area contributed by atoms with E-state index in [1.165, 1.54) is 0 Å². The van der Waals surface area contributed by atoms with Gasteiger partial charge in [0.2, 0.25) is 5.91 Å². The van der Waals surface area contributed by atoms with Crippen molar-refractivity contribution in [3.8, 4) is 0 Å². The Bertz CT molecular complexity index is 408. The lowest BCUT2D eigenvalue weighted by atomic mass is 9.95. The van der Waals surface area contributed by atoms with Crippen molar-refractivity contribution in [2.24, 2.45) is 0 Å². The molecule has 0 radical (unpaired) electrons. The minimum Gasteiger partial charge on any atom is -0.335 e. The van der Waals surface area contributed by atoms with E-state index in [-0.39, 0.29) is 22.2 Å². The van der Waals surface area contributed by atoms with Crippen LogP contribution in [0.3, 0.4) is 0 Å². The number of sulfone groups is 1. The molecule has 2 aliphatic heterocycles. The number of amides is 1. The molecule has 0 saturated carbocycles. The van der Waals surface area contributed by atoms with Gasteiger partial charge in [-0.1, -0.05) is 15.9 Å². The zero-order valence-electron chi connectivity index (χ0n) is 9.28. The Hall–Kier alpha value is -0.100. The van der Waals surface area contributed by atoms with E-state index in [0.717, 1.165) is 12.8 Å². The highest BCUT2D eigenvalue weighted by Gasteiger charge is 2.46. The molecular formula is C10H16BrNO3S. The summed E-state index contributed by atoms with van der Waals surface area (Å²) >= 11 is 3.35. The Balaban J connectivity index is 2.21. The molecule has 1 amide bonds. The normalized spacial score (nSPS) is 39.0. The third-order valence-electron chi connectivity index (χ3n) is 3.51. The first-order chi connectivity index (χ1) is 7.34. The van der Waals surface area contributed by atoms with E-state index < -0.39 is 15.4 Å². The molecule has 2 aliphatic rings. The summed E-state index contributed by atoms with van der Waals surface area (Å²) in [5, 5.41) is 0. The van der Waals surface area contributed by atoms with Crippen molar-refractivity contribution in [2.75, 3.05) is 18.1 Å². The van der Waals surface area contributed by atoms with Crippen LogP contribution < -0.4 is 0 Å². The predicted molar refractivity (Wildman–Crippen MR) is 65.3 cm³/mol. The van der Waals surface area contributed by atoms with Crippen LogP contribution in [0.2, 0.25) is 0 Å². The van der Waals surface area contributed by atoms with Crippen LogP contribution in [0.5, 0.6) is 0 Å². The lowest BCUT2D eigenvalue weighted by Crippen LogP contribution is -2.55. The van der Waals surface area contributed by atoms with E-state index in [0.29, 0.717) is 13.0 Å². The van der Waals surface area contributed by atoms with Gasteiger partial charge in [-0.05, 0) is 26.2 Å². The van der Waals surface area contributed by atoms with Gasteiger partial charge >= 0.3 is 0 Å². The van der Waals surface area contributed by atoms with Crippen molar-refractivity contribution < 1.29 is 13.2 Å². The van der Waals surface area contributed by atoms with Crippen LogP contribution in [-0.2, 0) is 14.6 Å². The summed E-state index contributed by atoms with van der Waals surface area (Å²) in [6.45, 7) is 2.58. The third kappa shape index (κ3) is 2.14. The van der Waals surface area contributed by atoms with E-state index in [1.54, 1.807) is 4.90 Å². The summed E-state index contributed by atoms with van der Waals surface area (Å²) in [5.74, 6) is 0.372. The van der Waals surface area contributed by atoms with Crippen molar-refractivity contribution in [3.05, 3.63) is 0 Å². The van der Waals surface area contributed by atoms with E-state index in [4.69, 9.17) is 0 Å². The lowest BCUT2D eigenvalue weighted by molar-refractivity contribution is -0.137. The Labute approximate surface area is 104 Å². The minimum atomic E-state index is -2.95. The first kappa shape index (κ1) is 12.4. The van der Waals surface area contributed by atoms with Crippen molar-refractivity contribution in [1.82, 2.24) is 4.90 Å². The van der Waals surface area contributed by atoms with Crippen LogP contribution in [0.1, 0.15) is 26.2 Å². The van der Waals surface area contributed by atoms with Crippen molar-refractivity contribution in [3.63, 3.8) is 0 Å². The van der Waals surface area contributed by atoms with Crippen LogP contribution in [0.4, 0.5) is 0 Å². The zero-order valence-corrected chi connectivity index (χ0v) is 11.7. The van der Waals surface area contributed by atoms with Gasteiger partial charge in [0.05, 0.1) is 21.9 Å². The first-order valence-electron chi connectivity index (χ1n) is 5.50. The Morgan fingerprint density at radius 2 is 2.19 bits per heavy atom. The van der Waals surface area contributed by atoms with Crippen LogP contribution >= 0.6 is 15.9 Å². The summed E-state index contributed by atoms with van der Waals surface area (Å²) in [6, 6.07) is 0. The number of carbonyl (C=O) groups excluding carboxylic acids is 1. The fraction of sp³-hybridized carbons (Fsp3) is 0.900. The van der Waals surface area contributed by atoms with Gasteiger partial charge in [-0.15, -0.1) is 0 Å². The Morgan fingerprint density at radius 1 is 1.50 bits per heavy atom. The van der Waals surface area contributed by atoms with Crippen LogP contribution in [0, 0.1) is 0 Å². The SMILES string of the molecule is CC1(N2CCCC(Br)C2=O)CCS(=O)(=O)C1. The smallest absolute Gasteiger partial charge is 0.236 e. The maximum Gasteiger partial charge on any atom is 0.236 e. The molecular weight excluding hydrogens is 294 g/mol. The van der Waals surface area contributed by atoms with E-state index >= 15 is 0 Å². The third-order valence-corrected chi connectivity index (χ3v) is 6.24. The molecule has 2 unspecified atom stereocenters. The highest BCUT2D eigenvalue weighted by atomic mass is 79.9. The number of hydrogen-bond donors (Lipinski definition) is 0.